The average Bonchev–Trinajstić information content (AvgIpc) is 2.53. The van der Waals surface area contributed by atoms with Crippen LogP contribution in [0.15, 0.2) is 60.9 Å². The summed E-state index contributed by atoms with van der Waals surface area (Å²) >= 11 is 0. The second kappa shape index (κ2) is 8.00. The molecular weight excluding hydrogens is 260 g/mol. The highest BCUT2D eigenvalue weighted by atomic mass is 16.1. The number of nitrogens with one attached hydrogen (secondary N) is 1. The molecule has 1 aromatic heterocycles. The first-order valence-electron chi connectivity index (χ1n) is 7.16. The third-order valence-electron chi connectivity index (χ3n) is 3.24. The van der Waals surface area contributed by atoms with Crippen LogP contribution in [0.5, 0.6) is 0 Å². The van der Waals surface area contributed by atoms with Gasteiger partial charge in [0.2, 0.25) is 5.91 Å². The Morgan fingerprint density at radius 3 is 2.71 bits per heavy atom. The van der Waals surface area contributed by atoms with Gasteiger partial charge in [0.25, 0.3) is 0 Å². The molecule has 0 saturated carbocycles. The van der Waals surface area contributed by atoms with Crippen LogP contribution in [0.1, 0.15) is 24.5 Å². The molecule has 1 amide bonds. The second-order valence-corrected chi connectivity index (χ2v) is 4.95. The summed E-state index contributed by atoms with van der Waals surface area (Å²) in [5.41, 5.74) is 3.24. The first kappa shape index (κ1) is 15.0. The summed E-state index contributed by atoms with van der Waals surface area (Å²) in [6, 6.07) is 13.9. The maximum Gasteiger partial charge on any atom is 0.244 e. The number of amides is 1. The normalized spacial score (nSPS) is 11.2. The molecule has 0 aliphatic heterocycles. The molecule has 0 radical (unpaired) electrons. The van der Waals surface area contributed by atoms with Crippen molar-refractivity contribution in [2.45, 2.75) is 19.8 Å². The molecule has 0 spiro atoms. The quantitative estimate of drug-likeness (QED) is 0.652. The molecule has 0 saturated heterocycles. The topological polar surface area (TPSA) is 42.0 Å². The van der Waals surface area contributed by atoms with Crippen molar-refractivity contribution in [1.29, 1.82) is 0 Å². The monoisotopic (exact) mass is 280 g/mol. The lowest BCUT2D eigenvalue weighted by Gasteiger charge is -2.04. The molecule has 0 aliphatic carbocycles. The van der Waals surface area contributed by atoms with Crippen LogP contribution in [-0.4, -0.2) is 17.4 Å². The van der Waals surface area contributed by atoms with E-state index in [2.05, 4.69) is 10.3 Å². The van der Waals surface area contributed by atoms with E-state index in [1.807, 2.05) is 55.6 Å². The summed E-state index contributed by atoms with van der Waals surface area (Å²) in [6.45, 7) is 2.62. The lowest BCUT2D eigenvalue weighted by molar-refractivity contribution is -0.116. The second-order valence-electron chi connectivity index (χ2n) is 4.95. The van der Waals surface area contributed by atoms with Gasteiger partial charge in [0.05, 0.1) is 0 Å². The predicted molar refractivity (Wildman–Crippen MR) is 85.7 cm³/mol. The lowest BCUT2D eigenvalue weighted by Crippen LogP contribution is -2.22. The molecule has 2 rings (SSSR count). The van der Waals surface area contributed by atoms with E-state index in [1.165, 1.54) is 5.56 Å². The highest BCUT2D eigenvalue weighted by Gasteiger charge is 2.00. The van der Waals surface area contributed by atoms with Crippen molar-refractivity contribution in [3.05, 3.63) is 72.1 Å². The van der Waals surface area contributed by atoms with E-state index < -0.39 is 0 Å². The summed E-state index contributed by atoms with van der Waals surface area (Å²) in [7, 11) is 0. The number of allylic oxidation sites excluding steroid dienone is 1. The molecule has 2 aromatic rings. The number of benzene rings is 1. The zero-order valence-electron chi connectivity index (χ0n) is 12.3. The van der Waals surface area contributed by atoms with Gasteiger partial charge in [-0.2, -0.15) is 0 Å². The number of hydrogen-bond acceptors (Lipinski definition) is 2. The Kier molecular flexibility index (Phi) is 5.71. The standard InChI is InChI=1S/C18H20N2O/c1-15(17-9-3-2-4-10-17)13-18(21)20-12-6-8-16-7-5-11-19-14-16/h2-5,7,9-11,13-14H,6,8,12H2,1H3,(H,20,21)/b15-13+. The summed E-state index contributed by atoms with van der Waals surface area (Å²) < 4.78 is 0. The molecule has 3 heteroatoms. The number of nitrogens with zero attached hydrogens (tertiary/aromatic N) is 1. The van der Waals surface area contributed by atoms with Crippen molar-refractivity contribution in [2.75, 3.05) is 6.54 Å². The number of aromatic nitrogens is 1. The molecule has 0 aliphatic rings. The van der Waals surface area contributed by atoms with Gasteiger partial charge < -0.3 is 5.32 Å². The van der Waals surface area contributed by atoms with Gasteiger partial charge in [-0.25, -0.2) is 0 Å². The maximum atomic E-state index is 11.8. The van der Waals surface area contributed by atoms with Crippen LogP contribution in [0, 0.1) is 0 Å². The Morgan fingerprint density at radius 2 is 2.00 bits per heavy atom. The third-order valence-corrected chi connectivity index (χ3v) is 3.24. The molecule has 1 aromatic carbocycles. The lowest BCUT2D eigenvalue weighted by atomic mass is 10.1. The Bertz CT molecular complexity index is 591. The number of aryl methyl sites for hydroxylation is 1. The van der Waals surface area contributed by atoms with Gasteiger partial charge in [0.15, 0.2) is 0 Å². The predicted octanol–water partition coefficient (Wildman–Crippen LogP) is 3.23. The fraction of sp³-hybridized carbons (Fsp3) is 0.222. The van der Waals surface area contributed by atoms with Crippen LogP contribution in [-0.2, 0) is 11.2 Å². The zero-order valence-corrected chi connectivity index (χ0v) is 12.3. The number of rotatable bonds is 6. The molecule has 1 heterocycles. The van der Waals surface area contributed by atoms with Crippen LogP contribution in [0.3, 0.4) is 0 Å². The van der Waals surface area contributed by atoms with Crippen molar-refractivity contribution >= 4 is 11.5 Å². The maximum absolute atomic E-state index is 11.8. The van der Waals surface area contributed by atoms with Crippen LogP contribution in [0.4, 0.5) is 0 Å². The van der Waals surface area contributed by atoms with Crippen molar-refractivity contribution in [2.24, 2.45) is 0 Å². The molecule has 0 fully saturated rings. The zero-order chi connectivity index (χ0) is 14.9. The fourth-order valence-corrected chi connectivity index (χ4v) is 2.08. The van der Waals surface area contributed by atoms with E-state index in [9.17, 15) is 4.79 Å². The van der Waals surface area contributed by atoms with Crippen LogP contribution in [0.25, 0.3) is 5.57 Å². The molecule has 0 bridgehead atoms. The average molecular weight is 280 g/mol. The van der Waals surface area contributed by atoms with Gasteiger partial charge in [-0.3, -0.25) is 9.78 Å². The van der Waals surface area contributed by atoms with Crippen molar-refractivity contribution < 1.29 is 4.79 Å². The smallest absolute Gasteiger partial charge is 0.244 e. The molecule has 0 unspecified atom stereocenters. The van der Waals surface area contributed by atoms with E-state index in [0.29, 0.717) is 6.54 Å². The molecule has 3 nitrogen and oxygen atoms in total. The number of carbonyl (C=O) groups excluding carboxylic acids is 1. The largest absolute Gasteiger partial charge is 0.353 e. The summed E-state index contributed by atoms with van der Waals surface area (Å²) in [6.07, 6.45) is 7.12. The van der Waals surface area contributed by atoms with Crippen molar-refractivity contribution in [3.8, 4) is 0 Å². The van der Waals surface area contributed by atoms with Crippen LogP contribution in [0.2, 0.25) is 0 Å². The number of carbonyl (C=O) groups is 1. The Morgan fingerprint density at radius 1 is 1.19 bits per heavy atom. The first-order chi connectivity index (χ1) is 10.3. The number of pyridine rings is 1. The van der Waals surface area contributed by atoms with E-state index in [0.717, 1.165) is 24.0 Å². The first-order valence-corrected chi connectivity index (χ1v) is 7.16. The summed E-state index contributed by atoms with van der Waals surface area (Å²) in [5.74, 6) is -0.0393. The minimum absolute atomic E-state index is 0.0393. The van der Waals surface area contributed by atoms with Gasteiger partial charge >= 0.3 is 0 Å². The van der Waals surface area contributed by atoms with Gasteiger partial charge in [0, 0.05) is 25.0 Å². The molecule has 21 heavy (non-hydrogen) atoms. The SMILES string of the molecule is C/C(=C\C(=O)NCCCc1cccnc1)c1ccccc1. The third kappa shape index (κ3) is 5.22. The summed E-state index contributed by atoms with van der Waals surface area (Å²) in [5, 5.41) is 2.92. The van der Waals surface area contributed by atoms with E-state index in [4.69, 9.17) is 0 Å². The highest BCUT2D eigenvalue weighted by molar-refractivity contribution is 5.94. The molecule has 1 N–H and O–H groups in total. The van der Waals surface area contributed by atoms with Gasteiger partial charge in [-0.05, 0) is 42.5 Å². The molecule has 0 atom stereocenters. The summed E-state index contributed by atoms with van der Waals surface area (Å²) in [4.78, 5) is 15.9. The Balaban J connectivity index is 1.75. The van der Waals surface area contributed by atoms with Gasteiger partial charge in [-0.1, -0.05) is 36.4 Å². The minimum Gasteiger partial charge on any atom is -0.353 e. The molecule has 108 valence electrons. The minimum atomic E-state index is -0.0393. The van der Waals surface area contributed by atoms with Crippen LogP contribution >= 0.6 is 0 Å². The fourth-order valence-electron chi connectivity index (χ4n) is 2.08. The van der Waals surface area contributed by atoms with E-state index >= 15 is 0 Å². The van der Waals surface area contributed by atoms with Gasteiger partial charge in [0.1, 0.15) is 0 Å². The van der Waals surface area contributed by atoms with E-state index in [-0.39, 0.29) is 5.91 Å². The Hall–Kier alpha value is -2.42. The highest BCUT2D eigenvalue weighted by Crippen LogP contribution is 2.12. The Labute approximate surface area is 125 Å². The van der Waals surface area contributed by atoms with E-state index in [1.54, 1.807) is 12.3 Å². The number of hydrogen-bond donors (Lipinski definition) is 1. The van der Waals surface area contributed by atoms with Gasteiger partial charge in [-0.15, -0.1) is 0 Å². The van der Waals surface area contributed by atoms with Crippen molar-refractivity contribution in [3.63, 3.8) is 0 Å². The van der Waals surface area contributed by atoms with Crippen LogP contribution < -0.4 is 5.32 Å². The molecular formula is C18H20N2O. The van der Waals surface area contributed by atoms with Crippen molar-refractivity contribution in [1.82, 2.24) is 10.3 Å².